The van der Waals surface area contributed by atoms with Crippen LogP contribution in [0.2, 0.25) is 0 Å². The van der Waals surface area contributed by atoms with E-state index in [1.807, 2.05) is 0 Å². The molecule has 2 aliphatic carbocycles. The Kier molecular flexibility index (Phi) is 10.8. The van der Waals surface area contributed by atoms with Gasteiger partial charge in [0, 0.05) is 34.5 Å². The van der Waals surface area contributed by atoms with Gasteiger partial charge in [-0.2, -0.15) is 0 Å². The fourth-order valence-corrected chi connectivity index (χ4v) is 22.1. The first-order valence-electron chi connectivity index (χ1n) is 22.4. The summed E-state index contributed by atoms with van der Waals surface area (Å²) in [6.07, 6.45) is 8.45. The smallest absolute Gasteiger partial charge is 0.312 e. The molecule has 0 amide bonds. The molecule has 1 aromatic carbocycles. The van der Waals surface area contributed by atoms with Crippen LogP contribution in [0, 0.1) is 59.2 Å². The minimum Gasteiger partial charge on any atom is -0.435 e. The molecule has 56 heavy (non-hydrogen) atoms. The number of esters is 2. The second-order valence-electron chi connectivity index (χ2n) is 20.5. The molecule has 9 rings (SSSR count). The van der Waals surface area contributed by atoms with Gasteiger partial charge in [-0.15, -0.1) is 0 Å². The summed E-state index contributed by atoms with van der Waals surface area (Å²) in [6.45, 7) is 23.3. The second kappa shape index (κ2) is 15.2. The standard InChI is InChI=1S/C48H68O6P2/c1-23(2)33-18-25(5)14-16-35(33)51-47-39-37(45(49)53-47)41-27(7)29(9)43(39)55(41)21-31-12-11-13-32(20-31)22-56-42-28(8)30(10)44(56)40-38(42)46(50)54-48(40)52-36-17-15-26(6)19-34(36)24(3)4/h11-13,20,23-26,33-44,47-48H,14-19,21-22H2,1-10H3/t25-,26-,33-,34-,35?,36?,37+,38+,39?,40?,41?,42?,43?,44?,47+,48?,55?,56?/m0/s1. The van der Waals surface area contributed by atoms with Crippen molar-refractivity contribution >= 4 is 27.8 Å². The number of hydrogen-bond donors (Lipinski definition) is 0. The lowest BCUT2D eigenvalue weighted by Gasteiger charge is -2.39. The highest BCUT2D eigenvalue weighted by atomic mass is 31.1. The molecule has 6 aliphatic heterocycles. The lowest BCUT2D eigenvalue weighted by Crippen LogP contribution is -2.40. The largest absolute Gasteiger partial charge is 0.435 e. The second-order valence-corrected chi connectivity index (χ2v) is 25.4. The average molecular weight is 803 g/mol. The van der Waals surface area contributed by atoms with E-state index in [2.05, 4.69) is 93.5 Å². The van der Waals surface area contributed by atoms with Gasteiger partial charge in [0.15, 0.2) is 0 Å². The van der Waals surface area contributed by atoms with E-state index in [4.69, 9.17) is 18.9 Å². The first-order valence-corrected chi connectivity index (χ1v) is 25.7. The topological polar surface area (TPSA) is 71.1 Å². The van der Waals surface area contributed by atoms with E-state index >= 15 is 0 Å². The zero-order valence-electron chi connectivity index (χ0n) is 35.7. The molecule has 6 heterocycles. The molecule has 18 atom stereocenters. The highest BCUT2D eigenvalue weighted by molar-refractivity contribution is 7.60. The summed E-state index contributed by atoms with van der Waals surface area (Å²) < 4.78 is 26.3. The Labute approximate surface area is 339 Å². The molecule has 4 saturated heterocycles. The number of hydrogen-bond acceptors (Lipinski definition) is 6. The zero-order valence-corrected chi connectivity index (χ0v) is 37.5. The number of ether oxygens (including phenoxy) is 4. The minimum absolute atomic E-state index is 0.0206. The molecular weight excluding hydrogens is 734 g/mol. The van der Waals surface area contributed by atoms with Gasteiger partial charge in [0.1, 0.15) is 0 Å². The Morgan fingerprint density at radius 2 is 1.02 bits per heavy atom. The molecule has 1 aromatic rings. The number of benzene rings is 1. The minimum atomic E-state index is -0.475. The van der Waals surface area contributed by atoms with E-state index in [0.717, 1.165) is 37.0 Å². The fourth-order valence-electron chi connectivity index (χ4n) is 13.6. The zero-order chi connectivity index (χ0) is 39.5. The third-order valence-electron chi connectivity index (χ3n) is 16.6. The summed E-state index contributed by atoms with van der Waals surface area (Å²) >= 11 is 0. The van der Waals surface area contributed by atoms with Gasteiger partial charge in [0.05, 0.1) is 24.0 Å². The van der Waals surface area contributed by atoms with Crippen LogP contribution in [0.3, 0.4) is 0 Å². The Bertz CT molecular complexity index is 1660. The summed E-state index contributed by atoms with van der Waals surface area (Å²) in [5.74, 6) is 3.68. The number of cyclic esters (lactones) is 2. The van der Waals surface area contributed by atoms with Crippen LogP contribution in [-0.4, -0.2) is 59.4 Å². The quantitative estimate of drug-likeness (QED) is 0.133. The molecule has 6 nitrogen and oxygen atoms in total. The number of allylic oxidation sites excluding steroid dienone is 4. The van der Waals surface area contributed by atoms with Crippen molar-refractivity contribution in [2.75, 3.05) is 0 Å². The summed E-state index contributed by atoms with van der Waals surface area (Å²) in [5, 5.41) is 0. The van der Waals surface area contributed by atoms with E-state index in [9.17, 15) is 9.59 Å². The van der Waals surface area contributed by atoms with Gasteiger partial charge in [0.2, 0.25) is 12.6 Å². The average Bonchev–Trinajstić information content (AvgIpc) is 3.94. The summed E-state index contributed by atoms with van der Waals surface area (Å²) in [7, 11) is -0.950. The van der Waals surface area contributed by atoms with Gasteiger partial charge in [-0.25, -0.2) is 0 Å². The predicted molar refractivity (Wildman–Crippen MR) is 226 cm³/mol. The Balaban J connectivity index is 0.918. The van der Waals surface area contributed by atoms with Crippen LogP contribution in [0.25, 0.3) is 0 Å². The Morgan fingerprint density at radius 3 is 1.41 bits per heavy atom. The summed E-state index contributed by atoms with van der Waals surface area (Å²) in [4.78, 5) is 27.4. The molecule has 0 spiro atoms. The third-order valence-corrected chi connectivity index (χ3v) is 23.8. The van der Waals surface area contributed by atoms with E-state index in [1.54, 1.807) is 0 Å². The first kappa shape index (κ1) is 39.9. The lowest BCUT2D eigenvalue weighted by atomic mass is 9.74. The van der Waals surface area contributed by atoms with Gasteiger partial charge >= 0.3 is 11.9 Å². The Morgan fingerprint density at radius 1 is 0.625 bits per heavy atom. The van der Waals surface area contributed by atoms with Crippen molar-refractivity contribution in [2.45, 2.75) is 168 Å². The van der Waals surface area contributed by atoms with Gasteiger partial charge < -0.3 is 18.9 Å². The molecule has 0 N–H and O–H groups in total. The molecule has 306 valence electrons. The van der Waals surface area contributed by atoms with Crippen molar-refractivity contribution in [3.63, 3.8) is 0 Å². The maximum atomic E-state index is 13.7. The molecule has 8 heteroatoms. The number of fused-ring (bicyclic) bond motifs is 10. The van der Waals surface area contributed by atoms with E-state index in [1.165, 1.54) is 59.1 Å². The molecule has 11 unspecified atom stereocenters. The van der Waals surface area contributed by atoms with Gasteiger partial charge in [-0.3, -0.25) is 9.59 Å². The van der Waals surface area contributed by atoms with Crippen molar-refractivity contribution in [1.82, 2.24) is 0 Å². The molecule has 2 saturated carbocycles. The third kappa shape index (κ3) is 6.46. The number of carbonyl (C=O) groups excluding carboxylic acids is 2. The van der Waals surface area contributed by atoms with Crippen LogP contribution in [0.4, 0.5) is 0 Å². The van der Waals surface area contributed by atoms with Crippen LogP contribution in [-0.2, 0) is 40.9 Å². The monoisotopic (exact) mass is 802 g/mol. The molecule has 4 bridgehead atoms. The number of rotatable bonds is 10. The van der Waals surface area contributed by atoms with Crippen LogP contribution >= 0.6 is 15.8 Å². The van der Waals surface area contributed by atoms with Crippen molar-refractivity contribution in [3.8, 4) is 0 Å². The van der Waals surface area contributed by atoms with Crippen LogP contribution < -0.4 is 0 Å². The molecule has 0 aromatic heterocycles. The van der Waals surface area contributed by atoms with E-state index in [-0.39, 0.29) is 59.1 Å². The SMILES string of the molecule is CC1=C(C)C2[C@@H]3C(=O)OC(OC4CC[C@H](C)C[C@H]4C(C)C)C3C1P2Cc1cccc(CP2C3C(C)=C(C)C2[C@@H]2C(=O)O[C@@H](OC4CC[C@H](C)C[C@H]4C(C)C)C32)c1. The highest BCUT2D eigenvalue weighted by Crippen LogP contribution is 2.75. The van der Waals surface area contributed by atoms with Gasteiger partial charge in [0.25, 0.3) is 0 Å². The number of carbonyl (C=O) groups is 2. The highest BCUT2D eigenvalue weighted by Gasteiger charge is 2.67. The fraction of sp³-hybridized carbons (Fsp3) is 0.750. The van der Waals surface area contributed by atoms with Crippen molar-refractivity contribution in [1.29, 1.82) is 0 Å². The van der Waals surface area contributed by atoms with Crippen LogP contribution in [0.1, 0.15) is 119 Å². The molecule has 0 radical (unpaired) electrons. The van der Waals surface area contributed by atoms with Crippen molar-refractivity contribution in [2.24, 2.45) is 59.2 Å². The lowest BCUT2D eigenvalue weighted by molar-refractivity contribution is -0.195. The maximum absolute atomic E-state index is 13.7. The van der Waals surface area contributed by atoms with Crippen LogP contribution in [0.15, 0.2) is 46.6 Å². The summed E-state index contributed by atoms with van der Waals surface area (Å²) in [6, 6.07) is 9.39. The summed E-state index contributed by atoms with van der Waals surface area (Å²) in [5.41, 5.74) is 9.95. The maximum Gasteiger partial charge on any atom is 0.312 e. The van der Waals surface area contributed by atoms with Crippen molar-refractivity contribution in [3.05, 3.63) is 57.7 Å². The molecule has 8 aliphatic rings. The molecule has 6 fully saturated rings. The Hall–Kier alpha value is -1.58. The van der Waals surface area contributed by atoms with Gasteiger partial charge in [-0.1, -0.05) is 104 Å². The predicted octanol–water partition coefficient (Wildman–Crippen LogP) is 11.0. The van der Waals surface area contributed by atoms with Crippen molar-refractivity contribution < 1.29 is 28.5 Å². The normalized spacial score (nSPS) is 45.4. The van der Waals surface area contributed by atoms with Crippen LogP contribution in [0.5, 0.6) is 0 Å². The van der Waals surface area contributed by atoms with E-state index < -0.39 is 28.4 Å². The van der Waals surface area contributed by atoms with Gasteiger partial charge in [-0.05, 0) is 125 Å². The first-order chi connectivity index (χ1) is 26.7. The molecular formula is C48H68O6P2. The van der Waals surface area contributed by atoms with E-state index in [0.29, 0.717) is 35.0 Å².